The lowest BCUT2D eigenvalue weighted by Gasteiger charge is -2.35. The molecule has 108 valence electrons. The van der Waals surface area contributed by atoms with Gasteiger partial charge in [0.2, 0.25) is 0 Å². The van der Waals surface area contributed by atoms with Gasteiger partial charge in [0.05, 0.1) is 12.0 Å². The van der Waals surface area contributed by atoms with E-state index in [1.807, 2.05) is 25.1 Å². The van der Waals surface area contributed by atoms with Crippen molar-refractivity contribution < 1.29 is 14.6 Å². The molecule has 0 bridgehead atoms. The fraction of sp³-hybridized carbons (Fsp3) is 0.278. The minimum absolute atomic E-state index is 0.0299. The van der Waals surface area contributed by atoms with Crippen molar-refractivity contribution in [3.63, 3.8) is 0 Å². The standard InChI is InChI=1S/C18H18O3/c1-18(11-10-13-6-2-5-9-17(13)21-18)12-16(20)14-7-3-4-8-15(14)19/h2-9,19H,10-12H2,1H3. The zero-order valence-corrected chi connectivity index (χ0v) is 12.0. The summed E-state index contributed by atoms with van der Waals surface area (Å²) in [6.45, 7) is 1.96. The van der Waals surface area contributed by atoms with Gasteiger partial charge >= 0.3 is 0 Å². The summed E-state index contributed by atoms with van der Waals surface area (Å²) >= 11 is 0. The highest BCUT2D eigenvalue weighted by Crippen LogP contribution is 2.36. The number of ether oxygens (including phenoxy) is 1. The molecule has 0 radical (unpaired) electrons. The molecule has 3 heteroatoms. The summed E-state index contributed by atoms with van der Waals surface area (Å²) in [6, 6.07) is 14.6. The van der Waals surface area contributed by atoms with E-state index in [2.05, 4.69) is 6.07 Å². The van der Waals surface area contributed by atoms with Crippen molar-refractivity contribution in [3.8, 4) is 11.5 Å². The van der Waals surface area contributed by atoms with E-state index < -0.39 is 5.60 Å². The molecule has 1 unspecified atom stereocenters. The smallest absolute Gasteiger partial charge is 0.170 e. The van der Waals surface area contributed by atoms with Crippen LogP contribution >= 0.6 is 0 Å². The summed E-state index contributed by atoms with van der Waals surface area (Å²) in [4.78, 5) is 12.4. The first-order chi connectivity index (χ1) is 10.1. The van der Waals surface area contributed by atoms with E-state index in [0.29, 0.717) is 5.56 Å². The number of hydrogen-bond acceptors (Lipinski definition) is 3. The van der Waals surface area contributed by atoms with Crippen molar-refractivity contribution >= 4 is 5.78 Å². The van der Waals surface area contributed by atoms with Gasteiger partial charge in [-0.15, -0.1) is 0 Å². The highest BCUT2D eigenvalue weighted by molar-refractivity contribution is 5.99. The van der Waals surface area contributed by atoms with E-state index in [4.69, 9.17) is 4.74 Å². The molecule has 0 aliphatic carbocycles. The van der Waals surface area contributed by atoms with Crippen molar-refractivity contribution in [2.24, 2.45) is 0 Å². The lowest BCUT2D eigenvalue weighted by molar-refractivity contribution is 0.0493. The summed E-state index contributed by atoms with van der Waals surface area (Å²) in [7, 11) is 0. The largest absolute Gasteiger partial charge is 0.507 e. The van der Waals surface area contributed by atoms with Crippen molar-refractivity contribution in [1.29, 1.82) is 0 Å². The lowest BCUT2D eigenvalue weighted by Crippen LogP contribution is -2.38. The molecule has 0 saturated heterocycles. The zero-order valence-electron chi connectivity index (χ0n) is 12.0. The first kappa shape index (κ1) is 13.7. The number of Topliss-reactive ketones (excluding diaryl/α,β-unsaturated/α-hetero) is 1. The molecular weight excluding hydrogens is 264 g/mol. The Kier molecular flexibility index (Phi) is 3.42. The van der Waals surface area contributed by atoms with E-state index in [1.165, 1.54) is 11.6 Å². The molecule has 3 nitrogen and oxygen atoms in total. The number of carbonyl (C=O) groups is 1. The average Bonchev–Trinajstić information content (AvgIpc) is 2.47. The van der Waals surface area contributed by atoms with Gasteiger partial charge in [0.15, 0.2) is 5.78 Å². The maximum Gasteiger partial charge on any atom is 0.170 e. The Hall–Kier alpha value is -2.29. The SMILES string of the molecule is CC1(CC(=O)c2ccccc2O)CCc2ccccc2O1. The van der Waals surface area contributed by atoms with Gasteiger partial charge in [0.1, 0.15) is 17.1 Å². The summed E-state index contributed by atoms with van der Waals surface area (Å²) in [5.74, 6) is 0.800. The predicted molar refractivity (Wildman–Crippen MR) is 80.9 cm³/mol. The second-order valence-electron chi connectivity index (χ2n) is 5.78. The number of para-hydroxylation sites is 2. The normalized spacial score (nSPS) is 20.4. The van der Waals surface area contributed by atoms with E-state index in [1.54, 1.807) is 18.2 Å². The number of phenols is 1. The van der Waals surface area contributed by atoms with Crippen LogP contribution in [0.3, 0.4) is 0 Å². The molecule has 1 N–H and O–H groups in total. The third kappa shape index (κ3) is 2.77. The number of aryl methyl sites for hydroxylation is 1. The number of hydrogen-bond donors (Lipinski definition) is 1. The number of carbonyl (C=O) groups excluding carboxylic acids is 1. The van der Waals surface area contributed by atoms with Crippen molar-refractivity contribution in [1.82, 2.24) is 0 Å². The van der Waals surface area contributed by atoms with Crippen LogP contribution in [0.2, 0.25) is 0 Å². The second kappa shape index (κ2) is 5.24. The molecule has 21 heavy (non-hydrogen) atoms. The number of rotatable bonds is 3. The number of fused-ring (bicyclic) bond motifs is 1. The highest BCUT2D eigenvalue weighted by Gasteiger charge is 2.34. The fourth-order valence-electron chi connectivity index (χ4n) is 2.79. The summed E-state index contributed by atoms with van der Waals surface area (Å²) < 4.78 is 6.05. The molecule has 2 aromatic rings. The van der Waals surface area contributed by atoms with Gasteiger partial charge in [-0.05, 0) is 43.5 Å². The van der Waals surface area contributed by atoms with Gasteiger partial charge in [-0.1, -0.05) is 30.3 Å². The first-order valence-electron chi connectivity index (χ1n) is 7.15. The second-order valence-corrected chi connectivity index (χ2v) is 5.78. The fourth-order valence-corrected chi connectivity index (χ4v) is 2.79. The molecule has 0 fully saturated rings. The van der Waals surface area contributed by atoms with Crippen LogP contribution in [0.4, 0.5) is 0 Å². The van der Waals surface area contributed by atoms with E-state index >= 15 is 0 Å². The van der Waals surface area contributed by atoms with Crippen LogP contribution in [0.5, 0.6) is 11.5 Å². The van der Waals surface area contributed by atoms with Gasteiger partial charge in [-0.2, -0.15) is 0 Å². The first-order valence-corrected chi connectivity index (χ1v) is 7.15. The van der Waals surface area contributed by atoms with Gasteiger partial charge in [0.25, 0.3) is 0 Å². The maximum absolute atomic E-state index is 12.4. The third-order valence-electron chi connectivity index (χ3n) is 3.99. The molecule has 1 heterocycles. The minimum Gasteiger partial charge on any atom is -0.507 e. The summed E-state index contributed by atoms with van der Waals surface area (Å²) in [6.07, 6.45) is 1.96. The van der Waals surface area contributed by atoms with Crippen LogP contribution in [0.25, 0.3) is 0 Å². The van der Waals surface area contributed by atoms with Crippen molar-refractivity contribution in [3.05, 3.63) is 59.7 Å². The molecule has 2 aromatic carbocycles. The Morgan fingerprint density at radius 2 is 1.90 bits per heavy atom. The number of benzene rings is 2. The number of ketones is 1. The van der Waals surface area contributed by atoms with Gasteiger partial charge in [-0.3, -0.25) is 4.79 Å². The minimum atomic E-state index is -0.520. The van der Waals surface area contributed by atoms with Crippen LogP contribution in [0.1, 0.15) is 35.7 Å². The highest BCUT2D eigenvalue weighted by atomic mass is 16.5. The molecule has 1 atom stereocenters. The Morgan fingerprint density at radius 1 is 1.19 bits per heavy atom. The van der Waals surface area contributed by atoms with Crippen LogP contribution < -0.4 is 4.74 Å². The summed E-state index contributed by atoms with van der Waals surface area (Å²) in [5.41, 5.74) is 1.03. The number of phenolic OH excluding ortho intramolecular Hbond substituents is 1. The van der Waals surface area contributed by atoms with E-state index in [-0.39, 0.29) is 18.0 Å². The average molecular weight is 282 g/mol. The Balaban J connectivity index is 1.79. The van der Waals surface area contributed by atoms with E-state index in [9.17, 15) is 9.90 Å². The number of aromatic hydroxyl groups is 1. The van der Waals surface area contributed by atoms with Crippen LogP contribution in [0, 0.1) is 0 Å². The topological polar surface area (TPSA) is 46.5 Å². The molecule has 0 spiro atoms. The predicted octanol–water partition coefficient (Wildman–Crippen LogP) is 3.75. The van der Waals surface area contributed by atoms with Crippen molar-refractivity contribution in [2.75, 3.05) is 0 Å². The lowest BCUT2D eigenvalue weighted by atomic mass is 9.87. The quantitative estimate of drug-likeness (QED) is 0.872. The van der Waals surface area contributed by atoms with Gasteiger partial charge in [0, 0.05) is 0 Å². The van der Waals surface area contributed by atoms with Crippen LogP contribution in [0.15, 0.2) is 48.5 Å². The molecule has 0 aromatic heterocycles. The van der Waals surface area contributed by atoms with Gasteiger partial charge < -0.3 is 9.84 Å². The summed E-state index contributed by atoms with van der Waals surface area (Å²) in [5, 5.41) is 9.79. The monoisotopic (exact) mass is 282 g/mol. The molecule has 0 amide bonds. The zero-order chi connectivity index (χ0) is 14.9. The maximum atomic E-state index is 12.4. The van der Waals surface area contributed by atoms with Crippen LogP contribution in [-0.2, 0) is 6.42 Å². The molecule has 0 saturated carbocycles. The van der Waals surface area contributed by atoms with Crippen molar-refractivity contribution in [2.45, 2.75) is 31.8 Å². The molecule has 1 aliphatic heterocycles. The van der Waals surface area contributed by atoms with Gasteiger partial charge in [-0.25, -0.2) is 0 Å². The molecule has 3 rings (SSSR count). The Morgan fingerprint density at radius 3 is 2.71 bits per heavy atom. The van der Waals surface area contributed by atoms with E-state index in [0.717, 1.165) is 18.6 Å². The molecular formula is C18H18O3. The van der Waals surface area contributed by atoms with Crippen LogP contribution in [-0.4, -0.2) is 16.5 Å². The Bertz CT molecular complexity index is 678. The Labute approximate surface area is 124 Å². The molecule has 1 aliphatic rings. The third-order valence-corrected chi connectivity index (χ3v) is 3.99.